The Hall–Kier alpha value is -1.88. The summed E-state index contributed by atoms with van der Waals surface area (Å²) in [5, 5.41) is 6.11. The Morgan fingerprint density at radius 3 is 2.68 bits per heavy atom. The van der Waals surface area contributed by atoms with Gasteiger partial charge in [0, 0.05) is 32.1 Å². The van der Waals surface area contributed by atoms with Gasteiger partial charge in [-0.1, -0.05) is 36.8 Å². The number of benzene rings is 1. The zero-order valence-corrected chi connectivity index (χ0v) is 15.1. The maximum atomic E-state index is 12.7. The smallest absolute Gasteiger partial charge is 0.245 e. The average Bonchev–Trinajstić information content (AvgIpc) is 2.79. The minimum Gasteiger partial charge on any atom is -0.351 e. The van der Waals surface area contributed by atoms with Crippen LogP contribution >= 0.6 is 0 Å². The van der Waals surface area contributed by atoms with Gasteiger partial charge in [-0.2, -0.15) is 0 Å². The van der Waals surface area contributed by atoms with Crippen LogP contribution in [0.15, 0.2) is 30.3 Å². The van der Waals surface area contributed by atoms with Crippen LogP contribution in [0.4, 0.5) is 0 Å². The molecule has 25 heavy (non-hydrogen) atoms. The summed E-state index contributed by atoms with van der Waals surface area (Å²) in [6.45, 7) is 4.80. The van der Waals surface area contributed by atoms with Gasteiger partial charge in [0.1, 0.15) is 5.54 Å². The lowest BCUT2D eigenvalue weighted by Gasteiger charge is -2.35. The van der Waals surface area contributed by atoms with Crippen molar-refractivity contribution < 1.29 is 9.59 Å². The van der Waals surface area contributed by atoms with E-state index in [0.29, 0.717) is 6.42 Å². The van der Waals surface area contributed by atoms with Crippen molar-refractivity contribution in [3.8, 4) is 0 Å². The predicted molar refractivity (Wildman–Crippen MR) is 97.9 cm³/mol. The van der Waals surface area contributed by atoms with Gasteiger partial charge in [0.2, 0.25) is 11.8 Å². The number of hydrogen-bond acceptors (Lipinski definition) is 3. The minimum absolute atomic E-state index is 0.00664. The van der Waals surface area contributed by atoms with E-state index in [1.807, 2.05) is 13.0 Å². The fraction of sp³-hybridized carbons (Fsp3) is 0.600. The molecule has 1 atom stereocenters. The summed E-state index contributed by atoms with van der Waals surface area (Å²) in [5.41, 5.74) is 0.577. The highest BCUT2D eigenvalue weighted by Crippen LogP contribution is 2.21. The first kappa shape index (κ1) is 17.9. The monoisotopic (exact) mass is 343 g/mol. The van der Waals surface area contributed by atoms with Crippen molar-refractivity contribution in [2.45, 2.75) is 63.6 Å². The lowest BCUT2D eigenvalue weighted by atomic mass is 9.93. The summed E-state index contributed by atoms with van der Waals surface area (Å²) in [7, 11) is 0. The quantitative estimate of drug-likeness (QED) is 0.881. The van der Waals surface area contributed by atoms with E-state index in [-0.39, 0.29) is 17.9 Å². The van der Waals surface area contributed by atoms with Gasteiger partial charge in [0.15, 0.2) is 0 Å². The van der Waals surface area contributed by atoms with E-state index in [0.717, 1.165) is 51.7 Å². The number of carbonyl (C=O) groups excluding carboxylic acids is 2. The highest BCUT2D eigenvalue weighted by Gasteiger charge is 2.37. The molecule has 0 unspecified atom stereocenters. The molecule has 3 rings (SSSR count). The lowest BCUT2D eigenvalue weighted by molar-refractivity contribution is -0.133. The summed E-state index contributed by atoms with van der Waals surface area (Å²) in [5.74, 6) is -0.0305. The normalized spacial score (nSPS) is 25.9. The summed E-state index contributed by atoms with van der Waals surface area (Å²) in [6.07, 6.45) is 4.95. The molecule has 1 aromatic rings. The molecule has 5 nitrogen and oxygen atoms in total. The van der Waals surface area contributed by atoms with Gasteiger partial charge < -0.3 is 10.6 Å². The molecule has 2 saturated heterocycles. The molecule has 0 saturated carbocycles. The number of piperidine rings is 1. The van der Waals surface area contributed by atoms with Gasteiger partial charge in [-0.15, -0.1) is 0 Å². The third kappa shape index (κ3) is 4.82. The third-order valence-corrected chi connectivity index (χ3v) is 5.42. The number of nitrogens with one attached hydrogen (secondary N) is 2. The first-order chi connectivity index (χ1) is 12.0. The molecule has 136 valence electrons. The maximum absolute atomic E-state index is 12.7. The molecule has 5 heteroatoms. The van der Waals surface area contributed by atoms with Gasteiger partial charge >= 0.3 is 0 Å². The van der Waals surface area contributed by atoms with Crippen LogP contribution in [0.1, 0.15) is 51.0 Å². The fourth-order valence-corrected chi connectivity index (χ4v) is 3.79. The summed E-state index contributed by atoms with van der Waals surface area (Å²) >= 11 is 0. The second kappa shape index (κ2) is 8.00. The topological polar surface area (TPSA) is 61.4 Å². The van der Waals surface area contributed by atoms with E-state index in [4.69, 9.17) is 0 Å². The molecule has 0 bridgehead atoms. The van der Waals surface area contributed by atoms with E-state index in [2.05, 4.69) is 39.8 Å². The van der Waals surface area contributed by atoms with Gasteiger partial charge in [0.25, 0.3) is 0 Å². The van der Waals surface area contributed by atoms with E-state index in [1.165, 1.54) is 5.56 Å². The van der Waals surface area contributed by atoms with Crippen LogP contribution in [0.3, 0.4) is 0 Å². The minimum atomic E-state index is -0.755. The maximum Gasteiger partial charge on any atom is 0.245 e. The second-order valence-electron chi connectivity index (χ2n) is 7.60. The second-order valence-corrected chi connectivity index (χ2v) is 7.60. The number of rotatable bonds is 4. The van der Waals surface area contributed by atoms with Crippen LogP contribution in [0.2, 0.25) is 0 Å². The van der Waals surface area contributed by atoms with Crippen molar-refractivity contribution >= 4 is 11.8 Å². The molecule has 0 spiro atoms. The SMILES string of the molecule is C[C@@]1(C(=O)NC2CCN(Cc3ccccc3)CC2)CCCCC(=O)N1. The molecule has 0 aliphatic carbocycles. The highest BCUT2D eigenvalue weighted by molar-refractivity contribution is 5.91. The van der Waals surface area contributed by atoms with Crippen molar-refractivity contribution in [2.24, 2.45) is 0 Å². The molecule has 2 aliphatic rings. The number of amides is 2. The molecule has 2 aliphatic heterocycles. The molecular formula is C20H29N3O2. The van der Waals surface area contributed by atoms with Crippen molar-refractivity contribution in [3.05, 3.63) is 35.9 Å². The first-order valence-electron chi connectivity index (χ1n) is 9.43. The van der Waals surface area contributed by atoms with Crippen molar-refractivity contribution in [1.29, 1.82) is 0 Å². The average molecular weight is 343 g/mol. The van der Waals surface area contributed by atoms with Crippen molar-refractivity contribution in [2.75, 3.05) is 13.1 Å². The lowest BCUT2D eigenvalue weighted by Crippen LogP contribution is -2.58. The van der Waals surface area contributed by atoms with Gasteiger partial charge in [-0.25, -0.2) is 0 Å². The van der Waals surface area contributed by atoms with E-state index in [9.17, 15) is 9.59 Å². The molecular weight excluding hydrogens is 314 g/mol. The number of likely N-dealkylation sites (tertiary alicyclic amines) is 1. The fourth-order valence-electron chi connectivity index (χ4n) is 3.79. The molecule has 2 N–H and O–H groups in total. The van der Waals surface area contributed by atoms with Crippen LogP contribution < -0.4 is 10.6 Å². The van der Waals surface area contributed by atoms with E-state index >= 15 is 0 Å². The van der Waals surface area contributed by atoms with E-state index < -0.39 is 5.54 Å². The Bertz CT molecular complexity index is 596. The van der Waals surface area contributed by atoms with Crippen LogP contribution in [-0.4, -0.2) is 41.4 Å². The first-order valence-corrected chi connectivity index (χ1v) is 9.43. The van der Waals surface area contributed by atoms with Gasteiger partial charge in [0.05, 0.1) is 0 Å². The number of nitrogens with zero attached hydrogens (tertiary/aromatic N) is 1. The van der Waals surface area contributed by atoms with Gasteiger partial charge in [-0.05, 0) is 38.2 Å². The molecule has 2 amide bonds. The van der Waals surface area contributed by atoms with Gasteiger partial charge in [-0.3, -0.25) is 14.5 Å². The van der Waals surface area contributed by atoms with Crippen LogP contribution in [-0.2, 0) is 16.1 Å². The largest absolute Gasteiger partial charge is 0.351 e. The Kier molecular flexibility index (Phi) is 5.74. The zero-order chi connectivity index (χ0) is 17.7. The van der Waals surface area contributed by atoms with Crippen molar-refractivity contribution in [1.82, 2.24) is 15.5 Å². The van der Waals surface area contributed by atoms with Crippen LogP contribution in [0, 0.1) is 0 Å². The Morgan fingerprint density at radius 2 is 1.96 bits per heavy atom. The van der Waals surface area contributed by atoms with Crippen molar-refractivity contribution in [3.63, 3.8) is 0 Å². The Balaban J connectivity index is 1.48. The highest BCUT2D eigenvalue weighted by atomic mass is 16.2. The Morgan fingerprint density at radius 1 is 1.24 bits per heavy atom. The number of carbonyl (C=O) groups is 2. The van der Waals surface area contributed by atoms with Crippen LogP contribution in [0.25, 0.3) is 0 Å². The Labute approximate surface area is 150 Å². The number of hydrogen-bond donors (Lipinski definition) is 2. The predicted octanol–water partition coefficient (Wildman–Crippen LogP) is 2.22. The zero-order valence-electron chi connectivity index (χ0n) is 15.1. The molecule has 2 fully saturated rings. The molecule has 0 aromatic heterocycles. The molecule has 1 aromatic carbocycles. The summed E-state index contributed by atoms with van der Waals surface area (Å²) in [6, 6.07) is 10.7. The molecule has 0 radical (unpaired) electrons. The van der Waals surface area contributed by atoms with Crippen LogP contribution in [0.5, 0.6) is 0 Å². The van der Waals surface area contributed by atoms with E-state index in [1.54, 1.807) is 0 Å². The molecule has 2 heterocycles. The summed E-state index contributed by atoms with van der Waals surface area (Å²) < 4.78 is 0. The standard InChI is InChI=1S/C20H29N3O2/c1-20(12-6-5-9-18(24)22-20)19(25)21-17-10-13-23(14-11-17)15-16-7-3-2-4-8-16/h2-4,7-8,17H,5-6,9-15H2,1H3,(H,21,25)(H,22,24)/t20-/m0/s1. The summed E-state index contributed by atoms with van der Waals surface area (Å²) in [4.78, 5) is 27.0. The third-order valence-electron chi connectivity index (χ3n) is 5.42.